The molecule has 0 amide bonds. The number of rotatable bonds is 3. The Morgan fingerprint density at radius 2 is 1.96 bits per heavy atom. The van der Waals surface area contributed by atoms with Gasteiger partial charge in [0.2, 0.25) is 0 Å². The number of hydrogen-bond acceptors (Lipinski definition) is 4. The van der Waals surface area contributed by atoms with E-state index >= 15 is 0 Å². The first-order chi connectivity index (χ1) is 10.9. The molecule has 1 saturated heterocycles. The third kappa shape index (κ3) is 4.57. The zero-order valence-corrected chi connectivity index (χ0v) is 15.2. The zero-order chi connectivity index (χ0) is 17.6. The van der Waals surface area contributed by atoms with Crippen LogP contribution in [-0.2, 0) is 14.3 Å². The molecule has 4 heteroatoms. The maximum Gasteiger partial charge on any atom is 0.318 e. The molecule has 1 unspecified atom stereocenters. The van der Waals surface area contributed by atoms with E-state index in [1.807, 2.05) is 13.8 Å². The van der Waals surface area contributed by atoms with Gasteiger partial charge in [0, 0.05) is 25.2 Å². The average molecular weight is 319 g/mol. The fourth-order valence-electron chi connectivity index (χ4n) is 2.73. The zero-order valence-electron chi connectivity index (χ0n) is 15.2. The first-order valence-corrected chi connectivity index (χ1v) is 8.40. The molecule has 1 aromatic carbocycles. The summed E-state index contributed by atoms with van der Waals surface area (Å²) >= 11 is 0. The van der Waals surface area contributed by atoms with Crippen LogP contribution in [0.15, 0.2) is 18.2 Å². The van der Waals surface area contributed by atoms with Crippen LogP contribution in [0.4, 0.5) is 5.69 Å². The monoisotopic (exact) mass is 319 g/mol. The molecule has 2 rings (SSSR count). The lowest BCUT2D eigenvalue weighted by Crippen LogP contribution is -2.45. The molecule has 0 N–H and O–H groups in total. The van der Waals surface area contributed by atoms with Crippen molar-refractivity contribution in [2.75, 3.05) is 25.1 Å². The highest BCUT2D eigenvalue weighted by atomic mass is 16.5. The number of anilines is 1. The van der Waals surface area contributed by atoms with Gasteiger partial charge in [-0.15, -0.1) is 0 Å². The van der Waals surface area contributed by atoms with E-state index in [4.69, 9.17) is 4.74 Å². The molecule has 0 aromatic heterocycles. The van der Waals surface area contributed by atoms with Gasteiger partial charge in [0.05, 0.1) is 7.11 Å². The first kappa shape index (κ1) is 19.2. The molecule has 0 bridgehead atoms. The highest BCUT2D eigenvalue weighted by Crippen LogP contribution is 2.28. The van der Waals surface area contributed by atoms with E-state index in [2.05, 4.69) is 43.9 Å². The maximum atomic E-state index is 11.9. The summed E-state index contributed by atoms with van der Waals surface area (Å²) in [6.45, 7) is 11.4. The Kier molecular flexibility index (Phi) is 7.27. The second-order valence-electron chi connectivity index (χ2n) is 5.94. The highest BCUT2D eigenvalue weighted by Gasteiger charge is 2.34. The van der Waals surface area contributed by atoms with E-state index in [9.17, 15) is 9.59 Å². The number of Topliss-reactive ketones (excluding diaryl/α,β-unsaturated/α-hetero) is 1. The van der Waals surface area contributed by atoms with Gasteiger partial charge < -0.3 is 9.64 Å². The SMILES string of the molecule is CC.COC(=O)C1CN(c2cc(C(C)C)ccc2C)CCC1=O. The fraction of sp³-hybridized carbons (Fsp3) is 0.579. The van der Waals surface area contributed by atoms with Crippen LogP contribution >= 0.6 is 0 Å². The Bertz CT molecular complexity index is 544. The number of aryl methyl sites for hydroxylation is 1. The van der Waals surface area contributed by atoms with Crippen molar-refractivity contribution in [3.8, 4) is 0 Å². The summed E-state index contributed by atoms with van der Waals surface area (Å²) in [5, 5.41) is 0. The van der Waals surface area contributed by atoms with E-state index in [1.165, 1.54) is 12.7 Å². The Hall–Kier alpha value is -1.84. The van der Waals surface area contributed by atoms with Crippen molar-refractivity contribution in [1.82, 2.24) is 0 Å². The highest BCUT2D eigenvalue weighted by molar-refractivity contribution is 6.00. The number of ketones is 1. The van der Waals surface area contributed by atoms with Crippen LogP contribution in [0.1, 0.15) is 51.2 Å². The van der Waals surface area contributed by atoms with E-state index in [-0.39, 0.29) is 5.78 Å². The summed E-state index contributed by atoms with van der Waals surface area (Å²) in [6, 6.07) is 6.41. The second kappa shape index (κ2) is 8.70. The summed E-state index contributed by atoms with van der Waals surface area (Å²) in [5.74, 6) is -0.656. The third-order valence-electron chi connectivity index (χ3n) is 4.15. The summed E-state index contributed by atoms with van der Waals surface area (Å²) < 4.78 is 4.75. The minimum atomic E-state index is -0.661. The second-order valence-corrected chi connectivity index (χ2v) is 5.94. The summed E-state index contributed by atoms with van der Waals surface area (Å²) in [6.07, 6.45) is 0.394. The lowest BCUT2D eigenvalue weighted by Gasteiger charge is -2.33. The predicted molar refractivity (Wildman–Crippen MR) is 94.0 cm³/mol. The number of hydrogen-bond donors (Lipinski definition) is 0. The molecule has 0 saturated carbocycles. The number of methoxy groups -OCH3 is 1. The predicted octanol–water partition coefficient (Wildman–Crippen LogP) is 3.71. The normalized spacial score (nSPS) is 17.6. The molecule has 1 fully saturated rings. The first-order valence-electron chi connectivity index (χ1n) is 8.40. The van der Waals surface area contributed by atoms with Gasteiger partial charge in [0.1, 0.15) is 5.92 Å². The molecule has 0 radical (unpaired) electrons. The molecule has 128 valence electrons. The molecular formula is C19H29NO3. The number of piperidine rings is 1. The minimum Gasteiger partial charge on any atom is -0.468 e. The van der Waals surface area contributed by atoms with Crippen molar-refractivity contribution in [1.29, 1.82) is 0 Å². The van der Waals surface area contributed by atoms with Gasteiger partial charge in [-0.3, -0.25) is 9.59 Å². The molecule has 0 aliphatic carbocycles. The van der Waals surface area contributed by atoms with Gasteiger partial charge in [-0.25, -0.2) is 0 Å². The quantitative estimate of drug-likeness (QED) is 0.629. The summed E-state index contributed by atoms with van der Waals surface area (Å²) in [5.41, 5.74) is 3.54. The van der Waals surface area contributed by atoms with Crippen LogP contribution < -0.4 is 4.90 Å². The van der Waals surface area contributed by atoms with Crippen LogP contribution in [0.25, 0.3) is 0 Å². The number of benzene rings is 1. The van der Waals surface area contributed by atoms with E-state index in [0.717, 1.165) is 11.3 Å². The number of carbonyl (C=O) groups excluding carboxylic acids is 2. The van der Waals surface area contributed by atoms with Crippen LogP contribution in [0.2, 0.25) is 0 Å². The van der Waals surface area contributed by atoms with Gasteiger partial charge >= 0.3 is 5.97 Å². The lowest BCUT2D eigenvalue weighted by molar-refractivity contribution is -0.149. The molecule has 1 aliphatic heterocycles. The molecule has 1 aliphatic rings. The van der Waals surface area contributed by atoms with Crippen LogP contribution in [0.3, 0.4) is 0 Å². The van der Waals surface area contributed by atoms with E-state index < -0.39 is 11.9 Å². The number of nitrogens with zero attached hydrogens (tertiary/aromatic N) is 1. The van der Waals surface area contributed by atoms with Crippen molar-refractivity contribution in [2.24, 2.45) is 5.92 Å². The standard InChI is InChI=1S/C17H23NO3.C2H6/c1-11(2)13-6-5-12(3)15(9-13)18-8-7-16(19)14(10-18)17(20)21-4;1-2/h5-6,9,11,14H,7-8,10H2,1-4H3;1-2H3. The molecule has 1 heterocycles. The molecule has 4 nitrogen and oxygen atoms in total. The van der Waals surface area contributed by atoms with Crippen molar-refractivity contribution in [2.45, 2.75) is 47.0 Å². The van der Waals surface area contributed by atoms with Crippen molar-refractivity contribution < 1.29 is 14.3 Å². The average Bonchev–Trinajstić information content (AvgIpc) is 2.57. The molecule has 1 atom stereocenters. The Morgan fingerprint density at radius 1 is 1.30 bits per heavy atom. The Balaban J connectivity index is 0.00000127. The largest absolute Gasteiger partial charge is 0.468 e. The smallest absolute Gasteiger partial charge is 0.318 e. The van der Waals surface area contributed by atoms with Gasteiger partial charge in [-0.1, -0.05) is 39.8 Å². The van der Waals surface area contributed by atoms with Gasteiger partial charge in [0.15, 0.2) is 5.78 Å². The molecule has 23 heavy (non-hydrogen) atoms. The molecule has 1 aromatic rings. The number of ether oxygens (including phenoxy) is 1. The Labute approximate surface area is 139 Å². The summed E-state index contributed by atoms with van der Waals surface area (Å²) in [7, 11) is 1.33. The van der Waals surface area contributed by atoms with Crippen LogP contribution in [-0.4, -0.2) is 32.0 Å². The van der Waals surface area contributed by atoms with Crippen LogP contribution in [0.5, 0.6) is 0 Å². The fourth-order valence-corrected chi connectivity index (χ4v) is 2.73. The summed E-state index contributed by atoms with van der Waals surface area (Å²) in [4.78, 5) is 25.8. The van der Waals surface area contributed by atoms with Crippen molar-refractivity contribution >= 4 is 17.4 Å². The van der Waals surface area contributed by atoms with Gasteiger partial charge in [0.25, 0.3) is 0 Å². The van der Waals surface area contributed by atoms with Gasteiger partial charge in [-0.2, -0.15) is 0 Å². The molecule has 0 spiro atoms. The maximum absolute atomic E-state index is 11.9. The number of esters is 1. The third-order valence-corrected chi connectivity index (χ3v) is 4.15. The van der Waals surface area contributed by atoms with E-state index in [0.29, 0.717) is 25.4 Å². The van der Waals surface area contributed by atoms with Crippen molar-refractivity contribution in [3.05, 3.63) is 29.3 Å². The molecular weight excluding hydrogens is 290 g/mol. The van der Waals surface area contributed by atoms with Crippen molar-refractivity contribution in [3.63, 3.8) is 0 Å². The minimum absolute atomic E-state index is 0.0178. The Morgan fingerprint density at radius 3 is 2.52 bits per heavy atom. The lowest BCUT2D eigenvalue weighted by atomic mass is 9.94. The van der Waals surface area contributed by atoms with Gasteiger partial charge in [-0.05, 0) is 30.0 Å². The number of carbonyl (C=O) groups is 2. The topological polar surface area (TPSA) is 46.6 Å². The van der Waals surface area contributed by atoms with Crippen LogP contribution in [0, 0.1) is 12.8 Å². The van der Waals surface area contributed by atoms with E-state index in [1.54, 1.807) is 0 Å².